The number of nitrogens with zero attached hydrogens (tertiary/aromatic N) is 5. The Balaban J connectivity index is 1.37. The summed E-state index contributed by atoms with van der Waals surface area (Å²) in [5.74, 6) is 2.85. The average Bonchev–Trinajstić information content (AvgIpc) is 3.02. The van der Waals surface area contributed by atoms with Crippen molar-refractivity contribution in [2.75, 3.05) is 19.6 Å². The number of pyridine rings is 1. The Kier molecular flexibility index (Phi) is 4.10. The van der Waals surface area contributed by atoms with Gasteiger partial charge in [0.15, 0.2) is 0 Å². The van der Waals surface area contributed by atoms with Crippen LogP contribution < -0.4 is 5.32 Å². The van der Waals surface area contributed by atoms with Crippen LogP contribution in [0.25, 0.3) is 0 Å². The number of piperidine rings is 1. The molecule has 0 aliphatic carbocycles. The molecule has 122 valence electrons. The van der Waals surface area contributed by atoms with Gasteiger partial charge in [-0.2, -0.15) is 0 Å². The first kappa shape index (κ1) is 14.8. The van der Waals surface area contributed by atoms with Crippen LogP contribution >= 0.6 is 0 Å². The molecule has 0 saturated carbocycles. The van der Waals surface area contributed by atoms with Crippen LogP contribution in [0.2, 0.25) is 0 Å². The molecule has 0 amide bonds. The molecular formula is C17H24N6. The van der Waals surface area contributed by atoms with Crippen LogP contribution in [0.15, 0.2) is 18.3 Å². The first-order valence-corrected chi connectivity index (χ1v) is 8.56. The van der Waals surface area contributed by atoms with Gasteiger partial charge < -0.3 is 9.88 Å². The van der Waals surface area contributed by atoms with Gasteiger partial charge in [0.05, 0.1) is 12.2 Å². The van der Waals surface area contributed by atoms with Crippen LogP contribution in [0.1, 0.15) is 41.7 Å². The number of fused-ring (bicyclic) bond motifs is 1. The minimum Gasteiger partial charge on any atom is -0.312 e. The summed E-state index contributed by atoms with van der Waals surface area (Å²) in [6.07, 6.45) is 4.29. The Morgan fingerprint density at radius 3 is 2.83 bits per heavy atom. The van der Waals surface area contributed by atoms with E-state index in [1.165, 1.54) is 17.1 Å². The van der Waals surface area contributed by atoms with Crippen molar-refractivity contribution in [1.82, 2.24) is 30.0 Å². The van der Waals surface area contributed by atoms with E-state index in [2.05, 4.69) is 49.0 Å². The molecule has 0 radical (unpaired) electrons. The zero-order chi connectivity index (χ0) is 15.6. The van der Waals surface area contributed by atoms with Gasteiger partial charge in [0.2, 0.25) is 0 Å². The number of aromatic nitrogens is 4. The highest BCUT2D eigenvalue weighted by Gasteiger charge is 2.27. The summed E-state index contributed by atoms with van der Waals surface area (Å²) in [5.41, 5.74) is 2.39. The van der Waals surface area contributed by atoms with Gasteiger partial charge in [-0.3, -0.25) is 9.88 Å². The topological polar surface area (TPSA) is 58.9 Å². The zero-order valence-electron chi connectivity index (χ0n) is 13.7. The molecule has 1 fully saturated rings. The Bertz CT molecular complexity index is 654. The van der Waals surface area contributed by atoms with Crippen molar-refractivity contribution in [3.63, 3.8) is 0 Å². The van der Waals surface area contributed by atoms with Crippen LogP contribution in [0.5, 0.6) is 0 Å². The lowest BCUT2D eigenvalue weighted by atomic mass is 9.95. The van der Waals surface area contributed by atoms with Gasteiger partial charge in [-0.05, 0) is 44.5 Å². The maximum absolute atomic E-state index is 4.52. The largest absolute Gasteiger partial charge is 0.312 e. The van der Waals surface area contributed by atoms with Gasteiger partial charge in [-0.25, -0.2) is 0 Å². The van der Waals surface area contributed by atoms with E-state index in [0.717, 1.165) is 57.9 Å². The number of likely N-dealkylation sites (tertiary alicyclic amines) is 1. The second kappa shape index (κ2) is 6.37. The number of aryl methyl sites for hydroxylation is 1. The average molecular weight is 312 g/mol. The molecule has 2 aromatic heterocycles. The normalized spacial score (nSPS) is 19.7. The number of rotatable bonds is 3. The third-order valence-corrected chi connectivity index (χ3v) is 4.96. The van der Waals surface area contributed by atoms with E-state index in [0.29, 0.717) is 5.92 Å². The summed E-state index contributed by atoms with van der Waals surface area (Å²) < 4.78 is 2.33. The molecule has 4 rings (SSSR count). The van der Waals surface area contributed by atoms with Gasteiger partial charge >= 0.3 is 0 Å². The Hall–Kier alpha value is -1.79. The highest BCUT2D eigenvalue weighted by atomic mass is 15.3. The molecule has 23 heavy (non-hydrogen) atoms. The highest BCUT2D eigenvalue weighted by Crippen LogP contribution is 2.28. The maximum Gasteiger partial charge on any atom is 0.147 e. The molecule has 0 aromatic carbocycles. The van der Waals surface area contributed by atoms with Crippen molar-refractivity contribution in [3.8, 4) is 0 Å². The predicted octanol–water partition coefficient (Wildman–Crippen LogP) is 1.46. The van der Waals surface area contributed by atoms with E-state index in [1.807, 2.05) is 6.20 Å². The lowest BCUT2D eigenvalue weighted by molar-refractivity contribution is 0.197. The van der Waals surface area contributed by atoms with Crippen molar-refractivity contribution in [2.45, 2.75) is 45.3 Å². The van der Waals surface area contributed by atoms with Crippen LogP contribution in [-0.2, 0) is 19.6 Å². The molecule has 0 bridgehead atoms. The molecular weight excluding hydrogens is 288 g/mol. The summed E-state index contributed by atoms with van der Waals surface area (Å²) in [5, 5.41) is 12.2. The van der Waals surface area contributed by atoms with Crippen LogP contribution in [0.4, 0.5) is 0 Å². The van der Waals surface area contributed by atoms with Gasteiger partial charge in [0.1, 0.15) is 11.6 Å². The smallest absolute Gasteiger partial charge is 0.147 e. The summed E-state index contributed by atoms with van der Waals surface area (Å²) in [7, 11) is 0. The van der Waals surface area contributed by atoms with Gasteiger partial charge in [0.25, 0.3) is 0 Å². The molecule has 1 saturated heterocycles. The Morgan fingerprint density at radius 2 is 2.04 bits per heavy atom. The van der Waals surface area contributed by atoms with E-state index < -0.39 is 0 Å². The fourth-order valence-corrected chi connectivity index (χ4v) is 3.59. The van der Waals surface area contributed by atoms with Gasteiger partial charge in [-0.15, -0.1) is 10.2 Å². The van der Waals surface area contributed by atoms with Crippen LogP contribution in [0.3, 0.4) is 0 Å². The second-order valence-corrected chi connectivity index (χ2v) is 6.68. The summed E-state index contributed by atoms with van der Waals surface area (Å²) in [6, 6.07) is 4.29. The first-order chi connectivity index (χ1) is 11.3. The van der Waals surface area contributed by atoms with E-state index >= 15 is 0 Å². The zero-order valence-corrected chi connectivity index (χ0v) is 13.7. The minimum absolute atomic E-state index is 0.552. The van der Waals surface area contributed by atoms with Gasteiger partial charge in [0, 0.05) is 31.7 Å². The lowest BCUT2D eigenvalue weighted by Gasteiger charge is -2.31. The molecule has 1 N–H and O–H groups in total. The van der Waals surface area contributed by atoms with E-state index in [9.17, 15) is 0 Å². The van der Waals surface area contributed by atoms with Crippen molar-refractivity contribution < 1.29 is 0 Å². The first-order valence-electron chi connectivity index (χ1n) is 8.56. The number of nitrogens with one attached hydrogen (secondary N) is 1. The molecule has 0 atom stereocenters. The van der Waals surface area contributed by atoms with Crippen molar-refractivity contribution in [3.05, 3.63) is 41.2 Å². The SMILES string of the molecule is Cc1ccc(CN2CCC(c3nnc4n3CCNC4)CC2)nc1. The molecule has 2 aromatic rings. The number of hydrogen-bond donors (Lipinski definition) is 1. The monoisotopic (exact) mass is 312 g/mol. The fraction of sp³-hybridized carbons (Fsp3) is 0.588. The summed E-state index contributed by atoms with van der Waals surface area (Å²) in [4.78, 5) is 7.03. The summed E-state index contributed by atoms with van der Waals surface area (Å²) in [6.45, 7) is 8.14. The molecule has 2 aliphatic heterocycles. The third-order valence-electron chi connectivity index (χ3n) is 4.96. The second-order valence-electron chi connectivity index (χ2n) is 6.68. The van der Waals surface area contributed by atoms with Gasteiger partial charge in [-0.1, -0.05) is 6.07 Å². The van der Waals surface area contributed by atoms with Crippen LogP contribution in [0, 0.1) is 6.92 Å². The van der Waals surface area contributed by atoms with Crippen LogP contribution in [-0.4, -0.2) is 44.3 Å². The predicted molar refractivity (Wildman–Crippen MR) is 88.0 cm³/mol. The fourth-order valence-electron chi connectivity index (χ4n) is 3.59. The van der Waals surface area contributed by atoms with E-state index in [-0.39, 0.29) is 0 Å². The molecule has 2 aliphatic rings. The van der Waals surface area contributed by atoms with Crippen molar-refractivity contribution in [2.24, 2.45) is 0 Å². The van der Waals surface area contributed by atoms with Crippen molar-refractivity contribution >= 4 is 0 Å². The maximum atomic E-state index is 4.52. The molecule has 4 heterocycles. The standard InChI is InChI=1S/C17H24N6/c1-13-2-3-15(19-10-13)12-22-7-4-14(5-8-22)17-21-20-16-11-18-6-9-23(16)17/h2-3,10,14,18H,4-9,11-12H2,1H3. The Labute approximate surface area is 136 Å². The molecule has 0 unspecified atom stereocenters. The Morgan fingerprint density at radius 1 is 1.17 bits per heavy atom. The van der Waals surface area contributed by atoms with Crippen molar-refractivity contribution in [1.29, 1.82) is 0 Å². The lowest BCUT2D eigenvalue weighted by Crippen LogP contribution is -2.35. The number of hydrogen-bond acceptors (Lipinski definition) is 5. The minimum atomic E-state index is 0.552. The third kappa shape index (κ3) is 3.14. The highest BCUT2D eigenvalue weighted by molar-refractivity contribution is 5.12. The molecule has 6 heteroatoms. The summed E-state index contributed by atoms with van der Waals surface area (Å²) >= 11 is 0. The van der Waals surface area contributed by atoms with E-state index in [1.54, 1.807) is 0 Å². The molecule has 0 spiro atoms. The quantitative estimate of drug-likeness (QED) is 0.930. The van der Waals surface area contributed by atoms with E-state index in [4.69, 9.17) is 0 Å². The molecule has 6 nitrogen and oxygen atoms in total.